The Balaban J connectivity index is 2.28. The second kappa shape index (κ2) is 5.46. The van der Waals surface area contributed by atoms with Gasteiger partial charge in [0.1, 0.15) is 5.82 Å². The van der Waals surface area contributed by atoms with Gasteiger partial charge in [0.15, 0.2) is 0 Å². The molecular weight excluding hydrogens is 165 g/mol. The van der Waals surface area contributed by atoms with E-state index < -0.39 is 0 Å². The maximum absolute atomic E-state index is 12.5. The van der Waals surface area contributed by atoms with E-state index in [-0.39, 0.29) is 5.82 Å². The lowest BCUT2D eigenvalue weighted by Crippen LogP contribution is -1.87. The highest BCUT2D eigenvalue weighted by atomic mass is 19.1. The van der Waals surface area contributed by atoms with E-state index in [1.807, 2.05) is 12.1 Å². The van der Waals surface area contributed by atoms with Gasteiger partial charge in [-0.3, -0.25) is 0 Å². The molecule has 1 aromatic rings. The Kier molecular flexibility index (Phi) is 4.16. The third-order valence-electron chi connectivity index (χ3n) is 1.94. The molecule has 0 radical (unpaired) electrons. The molecule has 0 aliphatic heterocycles. The molecule has 70 valence electrons. The first-order valence-corrected chi connectivity index (χ1v) is 4.50. The van der Waals surface area contributed by atoms with Crippen LogP contribution in [0.5, 0.6) is 0 Å². The van der Waals surface area contributed by atoms with Crippen molar-refractivity contribution in [2.45, 2.75) is 19.3 Å². The monoisotopic (exact) mass is 179 g/mol. The number of rotatable bonds is 5. The lowest BCUT2D eigenvalue weighted by molar-refractivity contribution is 0.626. The third kappa shape index (κ3) is 3.83. The van der Waals surface area contributed by atoms with Crippen LogP contribution in [0.3, 0.4) is 0 Å². The van der Waals surface area contributed by atoms with Gasteiger partial charge in [0.05, 0.1) is 0 Å². The quantitative estimate of drug-likeness (QED) is 0.487. The first-order chi connectivity index (χ1) is 6.33. The van der Waals surface area contributed by atoms with Gasteiger partial charge >= 0.3 is 0 Å². The van der Waals surface area contributed by atoms with Crippen LogP contribution >= 0.6 is 0 Å². The molecule has 0 heterocycles. The van der Waals surface area contributed by atoms with Crippen molar-refractivity contribution in [1.82, 2.24) is 0 Å². The molecule has 0 saturated heterocycles. The van der Waals surface area contributed by atoms with Crippen molar-refractivity contribution >= 4 is 6.72 Å². The number of unbranched alkanes of at least 4 members (excludes halogenated alkanes) is 1. The summed E-state index contributed by atoms with van der Waals surface area (Å²) in [6, 6.07) is 6.66. The Hall–Kier alpha value is -1.18. The van der Waals surface area contributed by atoms with E-state index in [1.54, 1.807) is 0 Å². The fourth-order valence-electron chi connectivity index (χ4n) is 1.20. The summed E-state index contributed by atoms with van der Waals surface area (Å²) < 4.78 is 12.5. The predicted octanol–water partition coefficient (Wildman–Crippen LogP) is 2.85. The molecule has 0 unspecified atom stereocenters. The molecule has 0 aromatic heterocycles. The van der Waals surface area contributed by atoms with Crippen molar-refractivity contribution in [3.8, 4) is 0 Å². The molecule has 2 heteroatoms. The van der Waals surface area contributed by atoms with Crippen LogP contribution < -0.4 is 0 Å². The number of halogens is 1. The first-order valence-electron chi connectivity index (χ1n) is 4.50. The van der Waals surface area contributed by atoms with Gasteiger partial charge in [-0.2, -0.15) is 0 Å². The largest absolute Gasteiger partial charge is 0.301 e. The minimum absolute atomic E-state index is 0.170. The fourth-order valence-corrected chi connectivity index (χ4v) is 1.20. The van der Waals surface area contributed by atoms with Gasteiger partial charge in [-0.1, -0.05) is 12.1 Å². The topological polar surface area (TPSA) is 12.4 Å². The molecule has 0 fully saturated rings. The summed E-state index contributed by atoms with van der Waals surface area (Å²) in [7, 11) is 0. The van der Waals surface area contributed by atoms with Crippen LogP contribution in [0.2, 0.25) is 0 Å². The Labute approximate surface area is 78.3 Å². The van der Waals surface area contributed by atoms with Gasteiger partial charge in [0.2, 0.25) is 0 Å². The van der Waals surface area contributed by atoms with E-state index in [9.17, 15) is 4.39 Å². The lowest BCUT2D eigenvalue weighted by atomic mass is 10.1. The van der Waals surface area contributed by atoms with Crippen molar-refractivity contribution in [2.75, 3.05) is 6.54 Å². The molecule has 0 N–H and O–H groups in total. The molecule has 0 atom stereocenters. The number of nitrogens with zero attached hydrogens (tertiary/aromatic N) is 1. The molecule has 0 amide bonds. The summed E-state index contributed by atoms with van der Waals surface area (Å²) in [5.74, 6) is -0.170. The van der Waals surface area contributed by atoms with Crippen molar-refractivity contribution < 1.29 is 4.39 Å². The number of benzene rings is 1. The second-order valence-electron chi connectivity index (χ2n) is 3.03. The Morgan fingerprint density at radius 2 is 1.85 bits per heavy atom. The summed E-state index contributed by atoms with van der Waals surface area (Å²) in [6.07, 6.45) is 3.14. The van der Waals surface area contributed by atoms with Crippen molar-refractivity contribution in [3.05, 3.63) is 35.6 Å². The molecule has 1 aromatic carbocycles. The zero-order chi connectivity index (χ0) is 9.52. The number of aliphatic imine (C=N–C) groups is 1. The summed E-state index contributed by atoms with van der Waals surface area (Å²) in [6.45, 7) is 4.24. The van der Waals surface area contributed by atoms with Crippen molar-refractivity contribution in [2.24, 2.45) is 4.99 Å². The maximum atomic E-state index is 12.5. The molecule has 1 nitrogen and oxygen atoms in total. The molecule has 13 heavy (non-hydrogen) atoms. The van der Waals surface area contributed by atoms with E-state index in [0.717, 1.165) is 25.8 Å². The highest BCUT2D eigenvalue weighted by Gasteiger charge is 1.93. The van der Waals surface area contributed by atoms with Crippen LogP contribution in [0.25, 0.3) is 0 Å². The number of aryl methyl sites for hydroxylation is 1. The summed E-state index contributed by atoms with van der Waals surface area (Å²) in [5.41, 5.74) is 1.19. The van der Waals surface area contributed by atoms with Gasteiger partial charge in [0, 0.05) is 6.54 Å². The third-order valence-corrected chi connectivity index (χ3v) is 1.94. The van der Waals surface area contributed by atoms with Crippen LogP contribution in [0.15, 0.2) is 29.3 Å². The minimum atomic E-state index is -0.170. The highest BCUT2D eigenvalue weighted by Crippen LogP contribution is 2.06. The van der Waals surface area contributed by atoms with Crippen LogP contribution in [0.4, 0.5) is 4.39 Å². The van der Waals surface area contributed by atoms with Crippen LogP contribution in [-0.2, 0) is 6.42 Å². The summed E-state index contributed by atoms with van der Waals surface area (Å²) >= 11 is 0. The smallest absolute Gasteiger partial charge is 0.123 e. The second-order valence-corrected chi connectivity index (χ2v) is 3.03. The first kappa shape index (κ1) is 9.90. The predicted molar refractivity (Wildman–Crippen MR) is 53.8 cm³/mol. The standard InChI is InChI=1S/C11H14FN/c1-13-9-3-2-4-10-5-7-11(12)8-6-10/h5-8H,1-4,9H2. The maximum Gasteiger partial charge on any atom is 0.123 e. The Morgan fingerprint density at radius 1 is 1.15 bits per heavy atom. The normalized spacial score (nSPS) is 9.92. The van der Waals surface area contributed by atoms with E-state index in [4.69, 9.17) is 0 Å². The van der Waals surface area contributed by atoms with Gasteiger partial charge in [-0.15, -0.1) is 0 Å². The fraction of sp³-hybridized carbons (Fsp3) is 0.364. The molecule has 0 spiro atoms. The average Bonchev–Trinajstić information content (AvgIpc) is 2.15. The highest BCUT2D eigenvalue weighted by molar-refractivity contribution is 5.23. The molecular formula is C11H14FN. The molecule has 0 saturated carbocycles. The van der Waals surface area contributed by atoms with Crippen LogP contribution in [0.1, 0.15) is 18.4 Å². The SMILES string of the molecule is C=NCCCCc1ccc(F)cc1. The average molecular weight is 179 g/mol. The van der Waals surface area contributed by atoms with E-state index in [1.165, 1.54) is 17.7 Å². The van der Waals surface area contributed by atoms with E-state index in [0.29, 0.717) is 0 Å². The van der Waals surface area contributed by atoms with E-state index >= 15 is 0 Å². The summed E-state index contributed by atoms with van der Waals surface area (Å²) in [5, 5.41) is 0. The molecule has 0 aliphatic rings. The van der Waals surface area contributed by atoms with Crippen molar-refractivity contribution in [1.29, 1.82) is 0 Å². The van der Waals surface area contributed by atoms with Gasteiger partial charge in [-0.05, 0) is 43.7 Å². The lowest BCUT2D eigenvalue weighted by Gasteiger charge is -1.99. The zero-order valence-electron chi connectivity index (χ0n) is 7.67. The molecule has 0 aliphatic carbocycles. The molecule has 0 bridgehead atoms. The van der Waals surface area contributed by atoms with E-state index in [2.05, 4.69) is 11.7 Å². The Morgan fingerprint density at radius 3 is 2.46 bits per heavy atom. The summed E-state index contributed by atoms with van der Waals surface area (Å²) in [4.78, 5) is 3.77. The van der Waals surface area contributed by atoms with Crippen molar-refractivity contribution in [3.63, 3.8) is 0 Å². The van der Waals surface area contributed by atoms with Crippen LogP contribution in [-0.4, -0.2) is 13.3 Å². The number of hydrogen-bond donors (Lipinski definition) is 0. The minimum Gasteiger partial charge on any atom is -0.301 e. The zero-order valence-corrected chi connectivity index (χ0v) is 7.67. The van der Waals surface area contributed by atoms with Gasteiger partial charge < -0.3 is 4.99 Å². The van der Waals surface area contributed by atoms with Gasteiger partial charge in [0.25, 0.3) is 0 Å². The Bertz CT molecular complexity index is 253. The van der Waals surface area contributed by atoms with Gasteiger partial charge in [-0.25, -0.2) is 4.39 Å². The number of hydrogen-bond acceptors (Lipinski definition) is 1. The molecule has 1 rings (SSSR count). The van der Waals surface area contributed by atoms with Crippen LogP contribution in [0, 0.1) is 5.82 Å².